The number of carbonyl (C=O) groups excluding carboxylic acids is 2. The molecule has 0 bridgehead atoms. The summed E-state index contributed by atoms with van der Waals surface area (Å²) in [5.74, 6) is 0.530. The van der Waals surface area contributed by atoms with E-state index in [1.807, 2.05) is 4.90 Å². The molecule has 3 rings (SSSR count). The lowest BCUT2D eigenvalue weighted by Gasteiger charge is -2.42. The van der Waals surface area contributed by atoms with Crippen LogP contribution in [0.3, 0.4) is 0 Å². The summed E-state index contributed by atoms with van der Waals surface area (Å²) in [4.78, 5) is 36.0. The number of aromatic nitrogens is 1. The second-order valence-electron chi connectivity index (χ2n) is 5.48. The number of hydrazine groups is 1. The predicted octanol–water partition coefficient (Wildman–Crippen LogP) is 1.31. The first-order valence-corrected chi connectivity index (χ1v) is 8.19. The van der Waals surface area contributed by atoms with Gasteiger partial charge in [0, 0.05) is 32.1 Å². The topological polar surface area (TPSA) is 78.3 Å². The number of carbonyl (C=O) groups is 2. The highest BCUT2D eigenvalue weighted by molar-refractivity contribution is 6.09. The van der Waals surface area contributed by atoms with Crippen molar-refractivity contribution in [3.63, 3.8) is 0 Å². The summed E-state index contributed by atoms with van der Waals surface area (Å²) in [7, 11) is 0. The third kappa shape index (κ3) is 2.84. The molecule has 2 amide bonds. The number of ether oxygens (including phenoxy) is 1. The highest BCUT2D eigenvalue weighted by Crippen LogP contribution is 2.33. The molecule has 0 saturated carbocycles. The molecule has 8 heteroatoms. The van der Waals surface area contributed by atoms with Crippen molar-refractivity contribution in [2.45, 2.75) is 26.7 Å². The Balaban J connectivity index is 2.12. The molecule has 3 heterocycles. The lowest BCUT2D eigenvalue weighted by Crippen LogP contribution is -2.60. The maximum Gasteiger partial charge on any atom is 0.248 e. The zero-order valence-electron chi connectivity index (χ0n) is 13.9. The second-order valence-corrected chi connectivity index (χ2v) is 5.48. The number of rotatable bonds is 2. The molecule has 1 aromatic rings. The number of nitrogens with zero attached hydrogens (tertiary/aromatic N) is 5. The summed E-state index contributed by atoms with van der Waals surface area (Å²) >= 11 is 0. The van der Waals surface area contributed by atoms with Crippen LogP contribution in [0.5, 0.6) is 0 Å². The van der Waals surface area contributed by atoms with Gasteiger partial charge >= 0.3 is 0 Å². The Morgan fingerprint density at radius 1 is 1.12 bits per heavy atom. The van der Waals surface area contributed by atoms with Gasteiger partial charge in [-0.15, -0.1) is 0 Å². The molecule has 0 atom stereocenters. The van der Waals surface area contributed by atoms with Crippen molar-refractivity contribution in [1.29, 1.82) is 0 Å². The second kappa shape index (κ2) is 6.96. The lowest BCUT2D eigenvalue weighted by atomic mass is 10.3. The van der Waals surface area contributed by atoms with Gasteiger partial charge in [0.15, 0.2) is 5.82 Å². The van der Waals surface area contributed by atoms with Gasteiger partial charge in [0.2, 0.25) is 17.8 Å². The molecule has 1 saturated heterocycles. The zero-order valence-corrected chi connectivity index (χ0v) is 13.9. The maximum absolute atomic E-state index is 12.6. The van der Waals surface area contributed by atoms with Gasteiger partial charge in [0.25, 0.3) is 0 Å². The number of fused-ring (bicyclic) bond motifs is 1. The number of amides is 2. The Morgan fingerprint density at radius 2 is 1.79 bits per heavy atom. The Morgan fingerprint density at radius 3 is 2.46 bits per heavy atom. The summed E-state index contributed by atoms with van der Waals surface area (Å²) in [5.41, 5.74) is 0.531. The monoisotopic (exact) mass is 331 g/mol. The van der Waals surface area contributed by atoms with Gasteiger partial charge in [0.05, 0.1) is 13.2 Å². The summed E-state index contributed by atoms with van der Waals surface area (Å²) in [6.45, 7) is 5.89. The van der Waals surface area contributed by atoms with Crippen LogP contribution in [-0.2, 0) is 14.3 Å². The van der Waals surface area contributed by atoms with Crippen LogP contribution in [0.4, 0.5) is 11.5 Å². The Labute approximate surface area is 140 Å². The highest BCUT2D eigenvalue weighted by atomic mass is 16.5. The number of guanidine groups is 1. The van der Waals surface area contributed by atoms with Crippen molar-refractivity contribution < 1.29 is 14.3 Å². The molecular formula is C16H21N5O3. The lowest BCUT2D eigenvalue weighted by molar-refractivity contribution is -0.133. The minimum absolute atomic E-state index is 0.174. The quantitative estimate of drug-likeness (QED) is 0.816. The molecule has 0 aliphatic carbocycles. The SMILES string of the molecule is CCC(=O)N1C(N2CCOCC2)=Nc2ncccc2N1C(=O)CC. The van der Waals surface area contributed by atoms with Crippen molar-refractivity contribution in [1.82, 2.24) is 14.9 Å². The average molecular weight is 331 g/mol. The predicted molar refractivity (Wildman–Crippen MR) is 88.6 cm³/mol. The van der Waals surface area contributed by atoms with E-state index in [0.29, 0.717) is 43.8 Å². The van der Waals surface area contributed by atoms with E-state index in [1.54, 1.807) is 32.2 Å². The molecule has 0 spiro atoms. The molecule has 0 N–H and O–H groups in total. The molecule has 24 heavy (non-hydrogen) atoms. The molecule has 2 aliphatic heterocycles. The number of pyridine rings is 1. The Kier molecular flexibility index (Phi) is 4.75. The van der Waals surface area contributed by atoms with E-state index in [2.05, 4.69) is 9.98 Å². The normalized spacial score (nSPS) is 17.4. The van der Waals surface area contributed by atoms with E-state index in [9.17, 15) is 9.59 Å². The summed E-state index contributed by atoms with van der Waals surface area (Å²) < 4.78 is 5.38. The van der Waals surface area contributed by atoms with Crippen molar-refractivity contribution in [2.75, 3.05) is 31.3 Å². The Hall–Kier alpha value is -2.48. The standard InChI is InChI=1S/C16H21N5O3/c1-3-13(22)20-12-6-5-7-17-15(12)18-16(21(20)14(23)4-2)19-8-10-24-11-9-19/h5-7H,3-4,8-11H2,1-2H3. The van der Waals surface area contributed by atoms with Crippen molar-refractivity contribution in [3.05, 3.63) is 18.3 Å². The van der Waals surface area contributed by atoms with Crippen LogP contribution in [-0.4, -0.2) is 59.0 Å². The van der Waals surface area contributed by atoms with Crippen molar-refractivity contribution in [2.24, 2.45) is 4.99 Å². The fourth-order valence-corrected chi connectivity index (χ4v) is 2.72. The molecule has 0 unspecified atom stereocenters. The van der Waals surface area contributed by atoms with Gasteiger partial charge in [-0.1, -0.05) is 13.8 Å². The van der Waals surface area contributed by atoms with E-state index in [1.165, 1.54) is 10.0 Å². The fraction of sp³-hybridized carbons (Fsp3) is 0.500. The van der Waals surface area contributed by atoms with E-state index < -0.39 is 0 Å². The van der Waals surface area contributed by atoms with Crippen LogP contribution in [0.25, 0.3) is 0 Å². The maximum atomic E-state index is 12.6. The first-order valence-electron chi connectivity index (χ1n) is 8.19. The first kappa shape index (κ1) is 16.4. The van der Waals surface area contributed by atoms with E-state index >= 15 is 0 Å². The molecule has 128 valence electrons. The highest BCUT2D eigenvalue weighted by Gasteiger charge is 2.38. The van der Waals surface area contributed by atoms with Gasteiger partial charge in [-0.2, -0.15) is 10.0 Å². The van der Waals surface area contributed by atoms with Crippen molar-refractivity contribution in [3.8, 4) is 0 Å². The molecule has 2 aliphatic rings. The average Bonchev–Trinajstić information content (AvgIpc) is 2.65. The van der Waals surface area contributed by atoms with Crippen LogP contribution in [0, 0.1) is 0 Å². The number of morpholine rings is 1. The van der Waals surface area contributed by atoms with E-state index in [-0.39, 0.29) is 24.7 Å². The van der Waals surface area contributed by atoms with Gasteiger partial charge in [-0.3, -0.25) is 9.59 Å². The summed E-state index contributed by atoms with van der Waals surface area (Å²) in [6, 6.07) is 3.49. The number of hydrogen-bond donors (Lipinski definition) is 0. The molecule has 8 nitrogen and oxygen atoms in total. The smallest absolute Gasteiger partial charge is 0.248 e. The third-order valence-electron chi connectivity index (χ3n) is 3.96. The van der Waals surface area contributed by atoms with Gasteiger partial charge < -0.3 is 9.64 Å². The van der Waals surface area contributed by atoms with Crippen LogP contribution in [0.2, 0.25) is 0 Å². The van der Waals surface area contributed by atoms with Gasteiger partial charge in [-0.25, -0.2) is 9.99 Å². The molecule has 0 aromatic carbocycles. The van der Waals surface area contributed by atoms with Crippen LogP contribution in [0.15, 0.2) is 23.3 Å². The fourth-order valence-electron chi connectivity index (χ4n) is 2.72. The van der Waals surface area contributed by atoms with Gasteiger partial charge in [0.1, 0.15) is 5.69 Å². The van der Waals surface area contributed by atoms with E-state index in [4.69, 9.17) is 4.74 Å². The molecule has 0 radical (unpaired) electrons. The number of hydrogen-bond acceptors (Lipinski definition) is 6. The first-order chi connectivity index (χ1) is 11.7. The van der Waals surface area contributed by atoms with Crippen molar-refractivity contribution >= 4 is 29.3 Å². The largest absolute Gasteiger partial charge is 0.378 e. The minimum Gasteiger partial charge on any atom is -0.378 e. The number of aliphatic imine (C=N–C) groups is 1. The van der Waals surface area contributed by atoms with Crippen LogP contribution in [0.1, 0.15) is 26.7 Å². The van der Waals surface area contributed by atoms with Crippen LogP contribution >= 0.6 is 0 Å². The Bertz CT molecular complexity index is 669. The molecule has 1 aromatic heterocycles. The van der Waals surface area contributed by atoms with Gasteiger partial charge in [-0.05, 0) is 12.1 Å². The summed E-state index contributed by atoms with van der Waals surface area (Å²) in [6.07, 6.45) is 2.18. The zero-order chi connectivity index (χ0) is 17.1. The molecular weight excluding hydrogens is 310 g/mol. The summed E-state index contributed by atoms with van der Waals surface area (Å²) in [5, 5.41) is 2.80. The third-order valence-corrected chi connectivity index (χ3v) is 3.96. The molecule has 1 fully saturated rings. The van der Waals surface area contributed by atoms with E-state index in [0.717, 1.165) is 0 Å². The number of anilines is 1. The van der Waals surface area contributed by atoms with Crippen LogP contribution < -0.4 is 5.01 Å². The minimum atomic E-state index is -0.184.